The van der Waals surface area contributed by atoms with Gasteiger partial charge in [0.2, 0.25) is 0 Å². The van der Waals surface area contributed by atoms with Crippen LogP contribution < -0.4 is 10.9 Å². The average Bonchev–Trinajstić information content (AvgIpc) is 3.17. The predicted molar refractivity (Wildman–Crippen MR) is 142 cm³/mol. The van der Waals surface area contributed by atoms with Crippen molar-refractivity contribution in [3.63, 3.8) is 0 Å². The number of benzene rings is 2. The summed E-state index contributed by atoms with van der Waals surface area (Å²) in [5.41, 5.74) is 1.90. The van der Waals surface area contributed by atoms with Crippen molar-refractivity contribution in [2.24, 2.45) is 0 Å². The van der Waals surface area contributed by atoms with Crippen molar-refractivity contribution in [3.8, 4) is 12.1 Å². The van der Waals surface area contributed by atoms with Crippen LogP contribution in [-0.2, 0) is 18.6 Å². The van der Waals surface area contributed by atoms with Crippen molar-refractivity contribution in [2.75, 3.05) is 0 Å². The number of nitrogens with zero attached hydrogens (tertiary/aromatic N) is 2. The Hall–Kier alpha value is -2.87. The monoisotopic (exact) mass is 482 g/mol. The fraction of sp³-hybridized carbons (Fsp3) is 0.429. The highest BCUT2D eigenvalue weighted by atomic mass is 16.7. The van der Waals surface area contributed by atoms with Gasteiger partial charge in [-0.1, -0.05) is 48.5 Å². The van der Waals surface area contributed by atoms with Gasteiger partial charge in [-0.15, -0.1) is 0 Å². The molecule has 2 aromatic carbocycles. The van der Waals surface area contributed by atoms with Gasteiger partial charge in [-0.05, 0) is 77.4 Å². The van der Waals surface area contributed by atoms with Gasteiger partial charge < -0.3 is 18.6 Å². The van der Waals surface area contributed by atoms with Crippen molar-refractivity contribution < 1.29 is 18.6 Å². The van der Waals surface area contributed by atoms with Crippen LogP contribution in [0.15, 0.2) is 48.5 Å². The Bertz CT molecular complexity index is 1140. The first-order valence-corrected chi connectivity index (χ1v) is 12.2. The maximum absolute atomic E-state index is 9.95. The third kappa shape index (κ3) is 4.51. The lowest BCUT2D eigenvalue weighted by atomic mass is 9.78. The normalized spacial score (nSPS) is 22.1. The number of nitriles is 2. The van der Waals surface area contributed by atoms with Gasteiger partial charge >= 0.3 is 14.2 Å². The average molecular weight is 482 g/mol. The summed E-state index contributed by atoms with van der Waals surface area (Å²) in [6, 6.07) is 19.3. The molecule has 36 heavy (non-hydrogen) atoms. The van der Waals surface area contributed by atoms with Crippen LogP contribution in [0.1, 0.15) is 66.5 Å². The number of allylic oxidation sites excluding steroid dienone is 2. The maximum atomic E-state index is 9.95. The van der Waals surface area contributed by atoms with Crippen molar-refractivity contribution in [1.29, 1.82) is 10.5 Å². The highest BCUT2D eigenvalue weighted by molar-refractivity contribution is 6.62. The van der Waals surface area contributed by atoms with Crippen LogP contribution in [0.3, 0.4) is 0 Å². The molecule has 0 aromatic heterocycles. The van der Waals surface area contributed by atoms with E-state index in [2.05, 4.69) is 12.1 Å². The van der Waals surface area contributed by atoms with Crippen LogP contribution >= 0.6 is 0 Å². The van der Waals surface area contributed by atoms with E-state index >= 15 is 0 Å². The second-order valence-corrected chi connectivity index (χ2v) is 11.4. The molecule has 0 radical (unpaired) electrons. The van der Waals surface area contributed by atoms with E-state index in [1.807, 2.05) is 104 Å². The summed E-state index contributed by atoms with van der Waals surface area (Å²) in [5, 5.41) is 19.9. The molecular formula is C28H32B2N2O4. The molecule has 2 aliphatic rings. The van der Waals surface area contributed by atoms with E-state index < -0.39 is 36.6 Å². The van der Waals surface area contributed by atoms with E-state index in [0.717, 1.165) is 10.9 Å². The summed E-state index contributed by atoms with van der Waals surface area (Å²) in [4.78, 5) is 0. The largest absolute Gasteiger partial charge is 0.494 e. The summed E-state index contributed by atoms with van der Waals surface area (Å²) >= 11 is 0. The lowest BCUT2D eigenvalue weighted by molar-refractivity contribution is 0.00578. The first-order valence-electron chi connectivity index (χ1n) is 12.2. The van der Waals surface area contributed by atoms with Crippen LogP contribution in [0.25, 0.3) is 11.1 Å². The van der Waals surface area contributed by atoms with Crippen molar-refractivity contribution in [3.05, 3.63) is 59.7 Å². The molecular weight excluding hydrogens is 450 g/mol. The van der Waals surface area contributed by atoms with Gasteiger partial charge in [-0.25, -0.2) is 0 Å². The Labute approximate surface area is 215 Å². The van der Waals surface area contributed by atoms with Gasteiger partial charge in [0.1, 0.15) is 12.1 Å². The van der Waals surface area contributed by atoms with Crippen molar-refractivity contribution >= 4 is 36.3 Å². The van der Waals surface area contributed by atoms with Crippen molar-refractivity contribution in [2.45, 2.75) is 77.8 Å². The molecule has 184 valence electrons. The van der Waals surface area contributed by atoms with E-state index in [-0.39, 0.29) is 0 Å². The van der Waals surface area contributed by atoms with Gasteiger partial charge in [-0.3, -0.25) is 0 Å². The molecule has 2 saturated heterocycles. The highest BCUT2D eigenvalue weighted by Crippen LogP contribution is 2.37. The molecule has 2 heterocycles. The van der Waals surface area contributed by atoms with Gasteiger partial charge in [-0.2, -0.15) is 10.5 Å². The first kappa shape index (κ1) is 26.2. The lowest BCUT2D eigenvalue weighted by Gasteiger charge is -2.32. The Balaban J connectivity index is 1.59. The van der Waals surface area contributed by atoms with Crippen LogP contribution in [0, 0.1) is 22.7 Å². The van der Waals surface area contributed by atoms with E-state index in [1.165, 1.54) is 0 Å². The van der Waals surface area contributed by atoms with Crippen LogP contribution in [0.5, 0.6) is 0 Å². The molecule has 0 N–H and O–H groups in total. The second-order valence-electron chi connectivity index (χ2n) is 11.4. The Morgan fingerprint density at radius 2 is 0.778 bits per heavy atom. The fourth-order valence-electron chi connectivity index (χ4n) is 4.10. The van der Waals surface area contributed by atoms with Crippen LogP contribution in [-0.4, -0.2) is 36.6 Å². The molecule has 2 fully saturated rings. The molecule has 0 bridgehead atoms. The SMILES string of the molecule is CC1(C)OB(c2ccc(/C(C#N)=C(/C#N)c3ccc(B4OC(C)(C)C(C)(C)O4)cc3)cc2)OC1(C)C. The zero-order valence-electron chi connectivity index (χ0n) is 22.3. The van der Waals surface area contributed by atoms with Gasteiger partial charge in [0.15, 0.2) is 0 Å². The molecule has 0 atom stereocenters. The first-order chi connectivity index (χ1) is 16.7. The molecule has 4 rings (SSSR count). The maximum Gasteiger partial charge on any atom is 0.494 e. The minimum absolute atomic E-state index is 0.307. The number of hydrogen-bond acceptors (Lipinski definition) is 6. The summed E-state index contributed by atoms with van der Waals surface area (Å²) in [5.74, 6) is 0. The standard InChI is InChI=1S/C28H32B2N2O4/c1-25(2)26(3,4)34-29(33-25)21-13-9-19(10-14-21)23(17-31)24(18-32)20-11-15-22(16-12-20)30-35-27(5,6)28(7,8)36-30/h9-16H,1-8H3/b24-23-. The molecule has 0 amide bonds. The minimum atomic E-state index is -0.489. The lowest BCUT2D eigenvalue weighted by Crippen LogP contribution is -2.41. The third-order valence-corrected chi connectivity index (χ3v) is 7.92. The Morgan fingerprint density at radius 3 is 1.00 bits per heavy atom. The molecule has 0 saturated carbocycles. The summed E-state index contributed by atoms with van der Waals surface area (Å²) in [6.07, 6.45) is 0. The smallest absolute Gasteiger partial charge is 0.399 e. The summed E-state index contributed by atoms with van der Waals surface area (Å²) in [6.45, 7) is 16.1. The van der Waals surface area contributed by atoms with Gasteiger partial charge in [0, 0.05) is 0 Å². The molecule has 0 spiro atoms. The summed E-state index contributed by atoms with van der Waals surface area (Å²) in [7, 11) is -0.979. The molecule has 0 aliphatic carbocycles. The van der Waals surface area contributed by atoms with Crippen LogP contribution in [0.4, 0.5) is 0 Å². The molecule has 6 nitrogen and oxygen atoms in total. The zero-order chi connectivity index (χ0) is 26.5. The predicted octanol–water partition coefficient (Wildman–Crippen LogP) is 4.24. The molecule has 2 aliphatic heterocycles. The second kappa shape index (κ2) is 8.91. The Morgan fingerprint density at radius 1 is 0.528 bits per heavy atom. The van der Waals surface area contributed by atoms with E-state index in [0.29, 0.717) is 22.3 Å². The zero-order valence-corrected chi connectivity index (χ0v) is 22.3. The van der Waals surface area contributed by atoms with E-state index in [4.69, 9.17) is 18.6 Å². The van der Waals surface area contributed by atoms with Crippen molar-refractivity contribution in [1.82, 2.24) is 0 Å². The van der Waals surface area contributed by atoms with E-state index in [1.54, 1.807) is 0 Å². The number of hydrogen-bond donors (Lipinski definition) is 0. The van der Waals surface area contributed by atoms with Gasteiger partial charge in [0.05, 0.1) is 33.6 Å². The highest BCUT2D eigenvalue weighted by Gasteiger charge is 2.52. The topological polar surface area (TPSA) is 84.5 Å². The Kier molecular flexibility index (Phi) is 6.48. The minimum Gasteiger partial charge on any atom is -0.399 e. The van der Waals surface area contributed by atoms with E-state index in [9.17, 15) is 10.5 Å². The van der Waals surface area contributed by atoms with Gasteiger partial charge in [0.25, 0.3) is 0 Å². The third-order valence-electron chi connectivity index (χ3n) is 7.92. The number of rotatable bonds is 4. The molecule has 0 unspecified atom stereocenters. The van der Waals surface area contributed by atoms with Crippen LogP contribution in [0.2, 0.25) is 0 Å². The molecule has 2 aromatic rings. The molecule has 8 heteroatoms. The quantitative estimate of drug-likeness (QED) is 0.368. The fourth-order valence-corrected chi connectivity index (χ4v) is 4.10. The summed E-state index contributed by atoms with van der Waals surface area (Å²) < 4.78 is 24.5.